The van der Waals surface area contributed by atoms with Gasteiger partial charge in [0.15, 0.2) is 0 Å². The van der Waals surface area contributed by atoms with E-state index in [1.54, 1.807) is 0 Å². The van der Waals surface area contributed by atoms with Crippen molar-refractivity contribution in [2.75, 3.05) is 33.4 Å². The van der Waals surface area contributed by atoms with Gasteiger partial charge in [0.2, 0.25) is 0 Å². The quantitative estimate of drug-likeness (QED) is 0.688. The van der Waals surface area contributed by atoms with E-state index in [1.807, 2.05) is 0 Å². The third-order valence-corrected chi connectivity index (χ3v) is 5.40. The Morgan fingerprint density at radius 3 is 2.68 bits per heavy atom. The Morgan fingerprint density at radius 2 is 2.05 bits per heavy atom. The Bertz CT molecular complexity index is 267. The van der Waals surface area contributed by atoms with Gasteiger partial charge in [-0.1, -0.05) is 26.2 Å². The summed E-state index contributed by atoms with van der Waals surface area (Å²) >= 11 is 0. The number of nitrogens with zero attached hydrogens (tertiary/aromatic N) is 1. The second-order valence-electron chi connectivity index (χ2n) is 6.60. The van der Waals surface area contributed by atoms with Gasteiger partial charge in [0.25, 0.3) is 0 Å². The fourth-order valence-electron chi connectivity index (χ4n) is 3.76. The van der Waals surface area contributed by atoms with Crippen LogP contribution in [0.2, 0.25) is 0 Å². The van der Waals surface area contributed by atoms with E-state index in [0.717, 1.165) is 38.1 Å². The van der Waals surface area contributed by atoms with E-state index in [9.17, 15) is 0 Å². The van der Waals surface area contributed by atoms with Crippen LogP contribution in [0.15, 0.2) is 0 Å². The minimum atomic E-state index is 0.232. The smallest absolute Gasteiger partial charge is 0.0593 e. The van der Waals surface area contributed by atoms with E-state index in [4.69, 9.17) is 10.5 Å². The molecule has 19 heavy (non-hydrogen) atoms. The predicted molar refractivity (Wildman–Crippen MR) is 80.2 cm³/mol. The second-order valence-corrected chi connectivity index (χ2v) is 6.60. The monoisotopic (exact) mass is 268 g/mol. The first-order valence-corrected chi connectivity index (χ1v) is 8.22. The van der Waals surface area contributed by atoms with Gasteiger partial charge < -0.3 is 10.5 Å². The highest BCUT2D eigenvalue weighted by Gasteiger charge is 2.41. The van der Waals surface area contributed by atoms with Crippen molar-refractivity contribution in [2.24, 2.45) is 17.6 Å². The van der Waals surface area contributed by atoms with Crippen molar-refractivity contribution in [3.63, 3.8) is 0 Å². The molecule has 2 atom stereocenters. The van der Waals surface area contributed by atoms with E-state index >= 15 is 0 Å². The first kappa shape index (κ1) is 15.3. The summed E-state index contributed by atoms with van der Waals surface area (Å²) in [6, 6.07) is 0. The van der Waals surface area contributed by atoms with E-state index in [2.05, 4.69) is 18.9 Å². The normalized spacial score (nSPS) is 31.9. The molecule has 0 aromatic heterocycles. The number of likely N-dealkylation sites (N-methyl/N-ethyl adjacent to an activating group) is 1. The molecule has 0 aromatic rings. The van der Waals surface area contributed by atoms with E-state index in [1.165, 1.54) is 44.9 Å². The lowest BCUT2D eigenvalue weighted by atomic mass is 9.70. The molecular weight excluding hydrogens is 236 g/mol. The number of hydrogen-bond acceptors (Lipinski definition) is 3. The lowest BCUT2D eigenvalue weighted by Crippen LogP contribution is -2.59. The first-order chi connectivity index (χ1) is 9.23. The van der Waals surface area contributed by atoms with Gasteiger partial charge >= 0.3 is 0 Å². The van der Waals surface area contributed by atoms with Crippen molar-refractivity contribution < 1.29 is 4.74 Å². The van der Waals surface area contributed by atoms with Gasteiger partial charge in [0.1, 0.15) is 0 Å². The fraction of sp³-hybridized carbons (Fsp3) is 1.00. The molecule has 2 unspecified atom stereocenters. The van der Waals surface area contributed by atoms with Crippen LogP contribution in [0.25, 0.3) is 0 Å². The summed E-state index contributed by atoms with van der Waals surface area (Å²) in [5, 5.41) is 0. The summed E-state index contributed by atoms with van der Waals surface area (Å²) in [5.41, 5.74) is 6.42. The zero-order valence-electron chi connectivity index (χ0n) is 12.9. The van der Waals surface area contributed by atoms with Crippen molar-refractivity contribution in [3.8, 4) is 0 Å². The zero-order chi connectivity index (χ0) is 13.7. The SMILES string of the molecule is CCC1CCCCC1(CN)N(C)CCOCC1CC1. The van der Waals surface area contributed by atoms with E-state index in [-0.39, 0.29) is 5.54 Å². The molecule has 0 aromatic carbocycles. The zero-order valence-corrected chi connectivity index (χ0v) is 12.9. The summed E-state index contributed by atoms with van der Waals surface area (Å²) in [6.07, 6.45) is 9.33. The van der Waals surface area contributed by atoms with Crippen molar-refractivity contribution >= 4 is 0 Å². The minimum Gasteiger partial charge on any atom is -0.380 e. The fourth-order valence-corrected chi connectivity index (χ4v) is 3.76. The number of rotatable bonds is 8. The van der Waals surface area contributed by atoms with Crippen molar-refractivity contribution in [3.05, 3.63) is 0 Å². The lowest BCUT2D eigenvalue weighted by Gasteiger charge is -2.49. The van der Waals surface area contributed by atoms with Crippen LogP contribution in [0.4, 0.5) is 0 Å². The summed E-state index contributed by atoms with van der Waals surface area (Å²) < 4.78 is 5.79. The largest absolute Gasteiger partial charge is 0.380 e. The van der Waals surface area contributed by atoms with Gasteiger partial charge in [-0.25, -0.2) is 0 Å². The molecule has 2 aliphatic rings. The second kappa shape index (κ2) is 7.05. The van der Waals surface area contributed by atoms with Crippen molar-refractivity contribution in [2.45, 2.75) is 57.4 Å². The van der Waals surface area contributed by atoms with Crippen molar-refractivity contribution in [1.29, 1.82) is 0 Å². The molecule has 2 saturated carbocycles. The molecule has 112 valence electrons. The third-order valence-electron chi connectivity index (χ3n) is 5.40. The van der Waals surface area contributed by atoms with Gasteiger partial charge in [-0.2, -0.15) is 0 Å². The van der Waals surface area contributed by atoms with Crippen molar-refractivity contribution in [1.82, 2.24) is 4.90 Å². The average molecular weight is 268 g/mol. The highest BCUT2D eigenvalue weighted by atomic mass is 16.5. The Balaban J connectivity index is 1.82. The molecule has 0 aliphatic heterocycles. The maximum absolute atomic E-state index is 6.19. The molecule has 0 radical (unpaired) electrons. The van der Waals surface area contributed by atoms with Crippen LogP contribution in [0.5, 0.6) is 0 Å². The molecule has 3 nitrogen and oxygen atoms in total. The lowest BCUT2D eigenvalue weighted by molar-refractivity contribution is 0.000848. The molecule has 2 aliphatic carbocycles. The van der Waals surface area contributed by atoms with Gasteiger partial charge in [-0.05, 0) is 44.6 Å². The van der Waals surface area contributed by atoms with Gasteiger partial charge in [0, 0.05) is 25.2 Å². The molecule has 0 spiro atoms. The van der Waals surface area contributed by atoms with Crippen LogP contribution in [0.1, 0.15) is 51.9 Å². The number of nitrogens with two attached hydrogens (primary N) is 1. The third kappa shape index (κ3) is 3.71. The molecule has 3 heteroatoms. The Kier molecular flexibility index (Phi) is 5.67. The standard InChI is InChI=1S/C16H32N2O/c1-3-15-6-4-5-9-16(15,13-17)18(2)10-11-19-12-14-7-8-14/h14-15H,3-13,17H2,1-2H3. The number of hydrogen-bond donors (Lipinski definition) is 1. The molecule has 0 bridgehead atoms. The first-order valence-electron chi connectivity index (χ1n) is 8.22. The molecule has 2 fully saturated rings. The van der Waals surface area contributed by atoms with Crippen LogP contribution < -0.4 is 5.73 Å². The van der Waals surface area contributed by atoms with E-state index < -0.39 is 0 Å². The topological polar surface area (TPSA) is 38.5 Å². The van der Waals surface area contributed by atoms with Crippen LogP contribution in [-0.4, -0.2) is 43.8 Å². The molecule has 2 N–H and O–H groups in total. The number of ether oxygens (including phenoxy) is 1. The Labute approximate surface area is 118 Å². The molecule has 0 amide bonds. The van der Waals surface area contributed by atoms with E-state index in [0.29, 0.717) is 0 Å². The average Bonchev–Trinajstić information content (AvgIpc) is 3.27. The maximum Gasteiger partial charge on any atom is 0.0593 e. The van der Waals surface area contributed by atoms with Gasteiger partial charge in [-0.3, -0.25) is 4.90 Å². The summed E-state index contributed by atoms with van der Waals surface area (Å²) in [7, 11) is 2.25. The summed E-state index contributed by atoms with van der Waals surface area (Å²) in [6.45, 7) is 5.98. The summed E-state index contributed by atoms with van der Waals surface area (Å²) in [5.74, 6) is 1.63. The minimum absolute atomic E-state index is 0.232. The maximum atomic E-state index is 6.19. The van der Waals surface area contributed by atoms with Crippen LogP contribution in [0.3, 0.4) is 0 Å². The molecular formula is C16H32N2O. The Morgan fingerprint density at radius 1 is 1.26 bits per heavy atom. The molecule has 0 heterocycles. The van der Waals surface area contributed by atoms with Crippen LogP contribution in [-0.2, 0) is 4.74 Å². The van der Waals surface area contributed by atoms with Crippen LogP contribution in [0, 0.1) is 11.8 Å². The van der Waals surface area contributed by atoms with Gasteiger partial charge in [-0.15, -0.1) is 0 Å². The predicted octanol–water partition coefficient (Wildman–Crippen LogP) is 2.64. The van der Waals surface area contributed by atoms with Gasteiger partial charge in [0.05, 0.1) is 6.61 Å². The molecule has 0 saturated heterocycles. The summed E-state index contributed by atoms with van der Waals surface area (Å²) in [4.78, 5) is 2.51. The van der Waals surface area contributed by atoms with Crippen LogP contribution >= 0.6 is 0 Å². The highest BCUT2D eigenvalue weighted by Crippen LogP contribution is 2.39. The Hall–Kier alpha value is -0.120. The molecule has 2 rings (SSSR count). The highest BCUT2D eigenvalue weighted by molar-refractivity contribution is 4.98.